The lowest BCUT2D eigenvalue weighted by Crippen LogP contribution is -2.55. The fourth-order valence-electron chi connectivity index (χ4n) is 4.30. The van der Waals surface area contributed by atoms with Crippen molar-refractivity contribution < 1.29 is 23.9 Å². The van der Waals surface area contributed by atoms with Crippen molar-refractivity contribution in [2.24, 2.45) is 10.7 Å². The number of hydrogen-bond donors (Lipinski definition) is 3. The summed E-state index contributed by atoms with van der Waals surface area (Å²) in [6.07, 6.45) is 0.648. The average molecular weight is 554 g/mol. The first kappa shape index (κ1) is 29.9. The second-order valence-corrected chi connectivity index (χ2v) is 9.55. The number of fused-ring (bicyclic) bond motifs is 1. The summed E-state index contributed by atoms with van der Waals surface area (Å²) >= 11 is 4.12. The van der Waals surface area contributed by atoms with Crippen LogP contribution in [0.15, 0.2) is 59.6 Å². The van der Waals surface area contributed by atoms with E-state index in [0.717, 1.165) is 12.0 Å². The van der Waals surface area contributed by atoms with Gasteiger partial charge in [-0.05, 0) is 12.5 Å². The van der Waals surface area contributed by atoms with E-state index in [1.165, 1.54) is 24.0 Å². The fourth-order valence-corrected chi connectivity index (χ4v) is 4.46. The summed E-state index contributed by atoms with van der Waals surface area (Å²) in [5.41, 5.74) is 8.23. The van der Waals surface area contributed by atoms with Gasteiger partial charge in [-0.1, -0.05) is 68.3 Å². The Morgan fingerprint density at radius 2 is 1.82 bits per heavy atom. The number of esters is 1. The Bertz CT molecular complexity index is 1220. The minimum Gasteiger partial charge on any atom is -0.467 e. The van der Waals surface area contributed by atoms with E-state index in [1.54, 1.807) is 12.1 Å². The summed E-state index contributed by atoms with van der Waals surface area (Å²) in [7, 11) is 2.71. The summed E-state index contributed by atoms with van der Waals surface area (Å²) in [5.74, 6) is -2.13. The molecule has 208 valence electrons. The van der Waals surface area contributed by atoms with Crippen molar-refractivity contribution in [3.8, 4) is 0 Å². The van der Waals surface area contributed by atoms with Gasteiger partial charge in [0.05, 0.1) is 24.6 Å². The molecule has 10 nitrogen and oxygen atoms in total. The van der Waals surface area contributed by atoms with Gasteiger partial charge in [0.2, 0.25) is 18.0 Å². The van der Waals surface area contributed by atoms with Crippen molar-refractivity contribution in [1.29, 1.82) is 0 Å². The molecule has 1 heterocycles. The van der Waals surface area contributed by atoms with Crippen LogP contribution in [0.3, 0.4) is 0 Å². The number of nitrogens with zero attached hydrogens (tertiary/aromatic N) is 3. The van der Waals surface area contributed by atoms with Crippen molar-refractivity contribution >= 4 is 47.7 Å². The minimum atomic E-state index is -1.30. The highest BCUT2D eigenvalue weighted by Crippen LogP contribution is 2.29. The molecule has 0 aromatic heterocycles. The van der Waals surface area contributed by atoms with Crippen LogP contribution in [-0.4, -0.2) is 79.0 Å². The van der Waals surface area contributed by atoms with Crippen molar-refractivity contribution in [2.45, 2.75) is 44.4 Å². The molecule has 2 aromatic carbocycles. The standard InChI is InChI=1S/C28H35N5O5S/c1-4-5-14-21(28(37)38-3)30-23(34)16-33-22-15-10-9-13-19(22)24(18-11-7-6-8-12-18)31-25(27(33)36)32(2)26(35)20(29)17-39/h6-13,15,20-21,25,39H,4-5,14,16-17,29H2,1-3H3,(H,30,34)/t20-,21-,25?/m0/s1. The summed E-state index contributed by atoms with van der Waals surface area (Å²) in [4.78, 5) is 59.8. The molecule has 2 aromatic rings. The van der Waals surface area contributed by atoms with E-state index in [1.807, 2.05) is 49.4 Å². The fraction of sp³-hybridized carbons (Fsp3) is 0.393. The van der Waals surface area contributed by atoms with E-state index in [4.69, 9.17) is 15.5 Å². The molecule has 3 N–H and O–H groups in total. The van der Waals surface area contributed by atoms with Gasteiger partial charge in [0.1, 0.15) is 12.6 Å². The van der Waals surface area contributed by atoms with Crippen LogP contribution in [0.2, 0.25) is 0 Å². The third-order valence-electron chi connectivity index (χ3n) is 6.43. The quantitative estimate of drug-likeness (QED) is 0.287. The molecule has 0 radical (unpaired) electrons. The van der Waals surface area contributed by atoms with E-state index < -0.39 is 48.5 Å². The summed E-state index contributed by atoms with van der Waals surface area (Å²) in [6.45, 7) is 1.58. The Morgan fingerprint density at radius 3 is 2.46 bits per heavy atom. The van der Waals surface area contributed by atoms with Gasteiger partial charge in [0.15, 0.2) is 0 Å². The number of aliphatic imine (C=N–C) groups is 1. The minimum absolute atomic E-state index is 0.0817. The number of benzodiazepines with no additional fused rings is 1. The Morgan fingerprint density at radius 1 is 1.15 bits per heavy atom. The molecule has 1 aliphatic heterocycles. The number of carbonyl (C=O) groups is 4. The highest BCUT2D eigenvalue weighted by Gasteiger charge is 2.38. The van der Waals surface area contributed by atoms with Gasteiger partial charge in [-0.25, -0.2) is 9.79 Å². The average Bonchev–Trinajstić information content (AvgIpc) is 3.08. The van der Waals surface area contributed by atoms with Crippen LogP contribution in [0, 0.1) is 0 Å². The maximum atomic E-state index is 14.0. The zero-order valence-electron chi connectivity index (χ0n) is 22.4. The predicted octanol–water partition coefficient (Wildman–Crippen LogP) is 1.76. The maximum Gasteiger partial charge on any atom is 0.328 e. The molecule has 39 heavy (non-hydrogen) atoms. The number of benzene rings is 2. The van der Waals surface area contributed by atoms with E-state index in [0.29, 0.717) is 29.8 Å². The normalized spacial score (nSPS) is 16.3. The summed E-state index contributed by atoms with van der Waals surface area (Å²) in [6, 6.07) is 14.6. The molecule has 1 unspecified atom stereocenters. The predicted molar refractivity (Wildman–Crippen MR) is 153 cm³/mol. The number of anilines is 1. The SMILES string of the molecule is CCCC[C@H](NC(=O)CN1C(=O)C(N(C)C(=O)[C@@H](N)CS)N=C(c2ccccc2)c2ccccc21)C(=O)OC. The van der Waals surface area contributed by atoms with Crippen LogP contribution in [0.5, 0.6) is 0 Å². The molecular weight excluding hydrogens is 518 g/mol. The zero-order valence-corrected chi connectivity index (χ0v) is 23.3. The molecule has 3 amide bonds. The van der Waals surface area contributed by atoms with E-state index >= 15 is 0 Å². The number of thiol groups is 1. The van der Waals surface area contributed by atoms with Gasteiger partial charge in [-0.2, -0.15) is 12.6 Å². The molecule has 1 aliphatic rings. The van der Waals surface area contributed by atoms with Crippen LogP contribution < -0.4 is 16.0 Å². The third kappa shape index (κ3) is 7.04. The molecule has 3 rings (SSSR count). The van der Waals surface area contributed by atoms with Crippen LogP contribution in [0.1, 0.15) is 37.3 Å². The number of unbranched alkanes of at least 4 members (excludes halogenated alkanes) is 1. The summed E-state index contributed by atoms with van der Waals surface area (Å²) < 4.78 is 4.85. The number of amides is 3. The van der Waals surface area contributed by atoms with Crippen molar-refractivity contribution in [3.63, 3.8) is 0 Å². The van der Waals surface area contributed by atoms with Gasteiger partial charge in [-0.15, -0.1) is 0 Å². The number of para-hydroxylation sites is 1. The molecule has 0 aliphatic carbocycles. The second kappa shape index (κ2) is 13.9. The lowest BCUT2D eigenvalue weighted by molar-refractivity contribution is -0.145. The largest absolute Gasteiger partial charge is 0.467 e. The molecule has 0 spiro atoms. The third-order valence-corrected chi connectivity index (χ3v) is 6.83. The smallest absolute Gasteiger partial charge is 0.328 e. The molecule has 0 saturated heterocycles. The first-order valence-corrected chi connectivity index (χ1v) is 13.4. The first-order chi connectivity index (χ1) is 18.7. The number of ether oxygens (including phenoxy) is 1. The zero-order chi connectivity index (χ0) is 28.5. The maximum absolute atomic E-state index is 14.0. The Hall–Kier alpha value is -3.70. The monoisotopic (exact) mass is 553 g/mol. The van der Waals surface area contributed by atoms with Gasteiger partial charge in [0, 0.05) is 23.9 Å². The highest BCUT2D eigenvalue weighted by atomic mass is 32.1. The number of hydrogen-bond acceptors (Lipinski definition) is 8. The van der Waals surface area contributed by atoms with Gasteiger partial charge >= 0.3 is 5.97 Å². The lowest BCUT2D eigenvalue weighted by Gasteiger charge is -2.30. The lowest BCUT2D eigenvalue weighted by atomic mass is 10.0. The van der Waals surface area contributed by atoms with E-state index in [-0.39, 0.29) is 5.75 Å². The number of rotatable bonds is 11. The molecular formula is C28H35N5O5S. The first-order valence-electron chi connectivity index (χ1n) is 12.8. The number of nitrogens with one attached hydrogen (secondary N) is 1. The van der Waals surface area contributed by atoms with E-state index in [2.05, 4.69) is 17.9 Å². The van der Waals surface area contributed by atoms with E-state index in [9.17, 15) is 19.2 Å². The number of methoxy groups -OCH3 is 1. The van der Waals surface area contributed by atoms with Crippen LogP contribution >= 0.6 is 12.6 Å². The molecule has 0 saturated carbocycles. The molecule has 0 bridgehead atoms. The highest BCUT2D eigenvalue weighted by molar-refractivity contribution is 7.80. The Balaban J connectivity index is 2.06. The number of carbonyl (C=O) groups excluding carboxylic acids is 4. The Kier molecular flexibility index (Phi) is 10.6. The number of likely N-dealkylation sites (N-methyl/N-ethyl adjacent to an activating group) is 1. The number of nitrogens with two attached hydrogens (primary N) is 1. The van der Waals surface area contributed by atoms with Gasteiger partial charge in [0.25, 0.3) is 5.91 Å². The van der Waals surface area contributed by atoms with Crippen molar-refractivity contribution in [1.82, 2.24) is 10.2 Å². The summed E-state index contributed by atoms with van der Waals surface area (Å²) in [5, 5.41) is 2.70. The van der Waals surface area contributed by atoms with Gasteiger partial charge in [-0.3, -0.25) is 19.3 Å². The van der Waals surface area contributed by atoms with Crippen molar-refractivity contribution in [3.05, 3.63) is 65.7 Å². The van der Waals surface area contributed by atoms with Crippen LogP contribution in [0.25, 0.3) is 0 Å². The van der Waals surface area contributed by atoms with Crippen LogP contribution in [-0.2, 0) is 23.9 Å². The topological polar surface area (TPSA) is 134 Å². The molecule has 0 fully saturated rings. The molecule has 3 atom stereocenters. The van der Waals surface area contributed by atoms with Crippen LogP contribution in [0.4, 0.5) is 5.69 Å². The second-order valence-electron chi connectivity index (χ2n) is 9.18. The van der Waals surface area contributed by atoms with Crippen molar-refractivity contribution in [2.75, 3.05) is 31.4 Å². The Labute approximate surface area is 234 Å². The van der Waals surface area contributed by atoms with Gasteiger partial charge < -0.3 is 20.7 Å². The molecule has 11 heteroatoms.